The molecule has 23 heteroatoms. The van der Waals surface area contributed by atoms with Gasteiger partial charge in [-0.3, -0.25) is 48.1 Å². The van der Waals surface area contributed by atoms with Crippen molar-refractivity contribution in [3.05, 3.63) is 35.9 Å². The molecule has 0 aliphatic rings. The van der Waals surface area contributed by atoms with Crippen LogP contribution in [0.5, 0.6) is 0 Å². The second kappa shape index (κ2) is 25.0. The first-order chi connectivity index (χ1) is 27.1. The van der Waals surface area contributed by atoms with Gasteiger partial charge in [0.05, 0.1) is 19.4 Å². The fourth-order valence-corrected chi connectivity index (χ4v) is 5.16. The number of amides is 7. The molecule has 0 saturated carbocycles. The summed E-state index contributed by atoms with van der Waals surface area (Å²) in [5, 5.41) is 42.1. The molecule has 0 aliphatic carbocycles. The summed E-state index contributed by atoms with van der Waals surface area (Å²) < 4.78 is 0. The molecule has 7 amide bonds. The van der Waals surface area contributed by atoms with E-state index in [1.165, 1.54) is 0 Å². The van der Waals surface area contributed by atoms with E-state index in [9.17, 15) is 53.4 Å². The Morgan fingerprint density at radius 2 is 1.14 bits per heavy atom. The molecule has 0 spiro atoms. The van der Waals surface area contributed by atoms with Crippen molar-refractivity contribution in [1.82, 2.24) is 31.9 Å². The van der Waals surface area contributed by atoms with Crippen LogP contribution < -0.4 is 54.8 Å². The van der Waals surface area contributed by atoms with Crippen molar-refractivity contribution in [3.63, 3.8) is 0 Å². The minimum atomic E-state index is -1.90. The molecule has 58 heavy (non-hydrogen) atoms. The first-order valence-electron chi connectivity index (χ1n) is 18.2. The fraction of sp³-hybridized carbons (Fsp3) is 0.543. The van der Waals surface area contributed by atoms with E-state index in [1.54, 1.807) is 44.2 Å². The maximum absolute atomic E-state index is 13.9. The van der Waals surface area contributed by atoms with Crippen LogP contribution in [-0.4, -0.2) is 130 Å². The van der Waals surface area contributed by atoms with E-state index < -0.39 is 115 Å². The predicted molar refractivity (Wildman–Crippen MR) is 206 cm³/mol. The number of carbonyl (C=O) groups is 9. The van der Waals surface area contributed by atoms with Crippen LogP contribution in [0.3, 0.4) is 0 Å². The molecule has 23 nitrogen and oxygen atoms in total. The van der Waals surface area contributed by atoms with Crippen LogP contribution in [0.2, 0.25) is 0 Å². The summed E-state index contributed by atoms with van der Waals surface area (Å²) in [5.74, 6) is -10.5. The zero-order valence-corrected chi connectivity index (χ0v) is 32.4. The normalized spacial score (nSPS) is 14.4. The molecule has 1 aromatic rings. The number of nitrogens with zero attached hydrogens (tertiary/aromatic N) is 1. The Balaban J connectivity index is 3.46. The number of carboxylic acids is 2. The van der Waals surface area contributed by atoms with Gasteiger partial charge in [-0.15, -0.1) is 0 Å². The van der Waals surface area contributed by atoms with Gasteiger partial charge in [0, 0.05) is 13.0 Å². The highest BCUT2D eigenvalue weighted by atomic mass is 16.4. The van der Waals surface area contributed by atoms with Gasteiger partial charge >= 0.3 is 11.9 Å². The number of benzene rings is 1. The largest absolute Gasteiger partial charge is 0.481 e. The van der Waals surface area contributed by atoms with E-state index in [0.29, 0.717) is 5.56 Å². The molecule has 0 radical (unpaired) electrons. The van der Waals surface area contributed by atoms with Crippen LogP contribution in [-0.2, 0) is 49.6 Å². The zero-order valence-electron chi connectivity index (χ0n) is 32.4. The highest BCUT2D eigenvalue weighted by Crippen LogP contribution is 2.10. The summed E-state index contributed by atoms with van der Waals surface area (Å²) in [4.78, 5) is 119. The molecule has 0 aliphatic heterocycles. The SMILES string of the molecule is CC(C)C[C@H](NC(=O)[C@H](CCCN=C(N)N)NC(=O)[C@@H](N)CO)C(=O)N[C@@H](Cc1ccccc1)C(=O)N[C@@H](CC(=O)O)C(=O)N[C@@H](CC(N)=O)C(=O)N[C@@H](C)C(=O)O. The van der Waals surface area contributed by atoms with Crippen molar-refractivity contribution in [2.75, 3.05) is 13.2 Å². The molecule has 1 aromatic carbocycles. The average Bonchev–Trinajstić information content (AvgIpc) is 3.13. The number of rotatable bonds is 26. The lowest BCUT2D eigenvalue weighted by Gasteiger charge is -2.28. The van der Waals surface area contributed by atoms with Gasteiger partial charge in [0.25, 0.3) is 0 Å². The van der Waals surface area contributed by atoms with Gasteiger partial charge in [0.15, 0.2) is 5.96 Å². The van der Waals surface area contributed by atoms with Crippen molar-refractivity contribution < 1.29 is 58.5 Å². The van der Waals surface area contributed by atoms with Crippen LogP contribution >= 0.6 is 0 Å². The van der Waals surface area contributed by atoms with E-state index >= 15 is 0 Å². The zero-order chi connectivity index (χ0) is 44.1. The molecule has 322 valence electrons. The summed E-state index contributed by atoms with van der Waals surface area (Å²) in [5.41, 5.74) is 22.1. The number of nitrogens with one attached hydrogen (secondary N) is 6. The van der Waals surface area contributed by atoms with Crippen molar-refractivity contribution in [3.8, 4) is 0 Å². The fourth-order valence-electron chi connectivity index (χ4n) is 5.16. The highest BCUT2D eigenvalue weighted by Gasteiger charge is 2.35. The topological polar surface area (TPSA) is 403 Å². The van der Waals surface area contributed by atoms with Gasteiger partial charge in [-0.25, -0.2) is 0 Å². The van der Waals surface area contributed by atoms with E-state index in [4.69, 9.17) is 28.0 Å². The maximum atomic E-state index is 13.9. The Morgan fingerprint density at radius 3 is 1.66 bits per heavy atom. The molecular weight excluding hydrogens is 766 g/mol. The number of aliphatic imine (C=N–C) groups is 1. The van der Waals surface area contributed by atoms with Crippen molar-refractivity contribution in [1.29, 1.82) is 0 Å². The number of primary amides is 1. The third kappa shape index (κ3) is 19.0. The monoisotopic (exact) mass is 821 g/mol. The van der Waals surface area contributed by atoms with Crippen LogP contribution in [0.4, 0.5) is 0 Å². The molecule has 17 N–H and O–H groups in total. The minimum absolute atomic E-state index is 0.0187. The minimum Gasteiger partial charge on any atom is -0.481 e. The van der Waals surface area contributed by atoms with Crippen molar-refractivity contribution in [2.45, 2.75) is 102 Å². The Bertz CT molecular complexity index is 1640. The van der Waals surface area contributed by atoms with Gasteiger partial charge in [-0.1, -0.05) is 44.2 Å². The second-order valence-corrected chi connectivity index (χ2v) is 13.7. The van der Waals surface area contributed by atoms with Gasteiger partial charge in [-0.2, -0.15) is 0 Å². The lowest BCUT2D eigenvalue weighted by molar-refractivity contribution is -0.143. The summed E-state index contributed by atoms with van der Waals surface area (Å²) in [6.07, 6.45) is -1.86. The summed E-state index contributed by atoms with van der Waals surface area (Å²) in [6, 6.07) is -2.35. The number of aliphatic hydroxyl groups excluding tert-OH is 1. The van der Waals surface area contributed by atoms with Gasteiger partial charge in [0.1, 0.15) is 42.3 Å². The lowest BCUT2D eigenvalue weighted by atomic mass is 10.00. The smallest absolute Gasteiger partial charge is 0.325 e. The van der Waals surface area contributed by atoms with Gasteiger partial charge in [-0.05, 0) is 37.7 Å². The molecule has 0 bridgehead atoms. The maximum Gasteiger partial charge on any atom is 0.325 e. The third-order valence-corrected chi connectivity index (χ3v) is 8.15. The van der Waals surface area contributed by atoms with Crippen LogP contribution in [0.25, 0.3) is 0 Å². The molecule has 7 atom stereocenters. The number of aliphatic hydroxyl groups is 1. The first-order valence-corrected chi connectivity index (χ1v) is 18.2. The van der Waals surface area contributed by atoms with Crippen molar-refractivity contribution in [2.24, 2.45) is 33.8 Å². The van der Waals surface area contributed by atoms with Crippen LogP contribution in [0, 0.1) is 5.92 Å². The summed E-state index contributed by atoms with van der Waals surface area (Å²) in [7, 11) is 0. The molecule has 0 saturated heterocycles. The van der Waals surface area contributed by atoms with E-state index in [2.05, 4.69) is 36.9 Å². The van der Waals surface area contributed by atoms with Gasteiger partial charge < -0.3 is 70.2 Å². The Hall–Kier alpha value is -6.36. The van der Waals surface area contributed by atoms with E-state index in [-0.39, 0.29) is 44.1 Å². The Kier molecular flexibility index (Phi) is 21.4. The number of carboxylic acid groups (broad SMARTS) is 2. The quantitative estimate of drug-likeness (QED) is 0.0236. The molecular formula is C35H55N11O12. The van der Waals surface area contributed by atoms with E-state index in [0.717, 1.165) is 6.92 Å². The highest BCUT2D eigenvalue weighted by molar-refractivity contribution is 5.99. The first kappa shape index (κ1) is 49.7. The molecule has 0 heterocycles. The molecule has 0 aromatic heterocycles. The Labute approximate surface area is 333 Å². The summed E-state index contributed by atoms with van der Waals surface area (Å²) >= 11 is 0. The predicted octanol–water partition coefficient (Wildman–Crippen LogP) is -4.99. The number of hydrogen-bond donors (Lipinski definition) is 13. The summed E-state index contributed by atoms with van der Waals surface area (Å²) in [6.45, 7) is 3.97. The van der Waals surface area contributed by atoms with Crippen LogP contribution in [0.1, 0.15) is 58.4 Å². The lowest BCUT2D eigenvalue weighted by Crippen LogP contribution is -2.60. The number of aliphatic carboxylic acids is 2. The Morgan fingerprint density at radius 1 is 0.655 bits per heavy atom. The number of nitrogens with two attached hydrogens (primary N) is 4. The van der Waals surface area contributed by atoms with Crippen LogP contribution in [0.15, 0.2) is 35.3 Å². The van der Waals surface area contributed by atoms with E-state index in [1.807, 2.05) is 0 Å². The third-order valence-electron chi connectivity index (χ3n) is 8.15. The molecule has 1 rings (SSSR count). The van der Waals surface area contributed by atoms with Crippen molar-refractivity contribution >= 4 is 59.2 Å². The standard InChI is InChI=1S/C35H55N11O12/c1-17(2)12-22(43-29(52)21(10-7-11-40-35(38)39)42-28(51)20(36)16-47)31(54)44-23(13-19-8-5-4-6-9-19)32(55)46-25(15-27(49)50)33(56)45-24(14-26(37)48)30(53)41-18(3)34(57)58/h4-6,8-9,17-18,20-25,47H,7,10-16,36H2,1-3H3,(H2,37,48)(H,41,53)(H,42,51)(H,43,52)(H,44,54)(H,45,56)(H,46,55)(H,49,50)(H,57,58)(H4,38,39,40)/t18-,20-,21-,22-,23-,24-,25-/m0/s1. The molecule has 0 fully saturated rings. The number of carbonyl (C=O) groups excluding carboxylic acids is 7. The number of hydrogen-bond acceptors (Lipinski definition) is 12. The van der Waals surface area contributed by atoms with Gasteiger partial charge in [0.2, 0.25) is 41.4 Å². The molecule has 0 unspecified atom stereocenters. The average molecular weight is 822 g/mol. The second-order valence-electron chi connectivity index (χ2n) is 13.7. The number of guanidine groups is 1.